The van der Waals surface area contributed by atoms with Gasteiger partial charge in [0.15, 0.2) is 0 Å². The summed E-state index contributed by atoms with van der Waals surface area (Å²) in [5.41, 5.74) is 17.8. The Labute approximate surface area is 734 Å². The number of halogens is 3. The second-order valence-corrected chi connectivity index (χ2v) is 29.2. The van der Waals surface area contributed by atoms with Crippen molar-refractivity contribution in [2.24, 2.45) is 0 Å². The minimum atomic E-state index is 0. The molecule has 2 heterocycles. The van der Waals surface area contributed by atoms with Crippen LogP contribution in [0.4, 0.5) is 34.1 Å². The van der Waals surface area contributed by atoms with Crippen LogP contribution in [0.15, 0.2) is 400 Å². The zero-order chi connectivity index (χ0) is 73.6. The molecule has 0 unspecified atom stereocenters. The maximum Gasteiger partial charge on any atom is 1.00 e. The number of benzene rings is 18. The molecule has 18 aromatic carbocycles. The first-order chi connectivity index (χ1) is 53.9. The molecule has 12 heteroatoms. The van der Waals surface area contributed by atoms with Crippen LogP contribution in [0.1, 0.15) is 11.1 Å². The maximum atomic E-state index is 5.76. The Morgan fingerprint density at radius 3 is 0.937 bits per heavy atom. The van der Waals surface area contributed by atoms with Crippen molar-refractivity contribution in [3.05, 3.63) is 419 Å². The Morgan fingerprint density at radius 2 is 0.550 bits per heavy atom. The van der Waals surface area contributed by atoms with Gasteiger partial charge in [-0.05, 0) is 227 Å². The third-order valence-corrected chi connectivity index (χ3v) is 21.4. The van der Waals surface area contributed by atoms with Crippen LogP contribution in [0.2, 0.25) is 0 Å². The summed E-state index contributed by atoms with van der Waals surface area (Å²) in [6.45, 7) is 0. The van der Waals surface area contributed by atoms with Crippen molar-refractivity contribution in [1.29, 1.82) is 0 Å². The summed E-state index contributed by atoms with van der Waals surface area (Å²) in [5, 5.41) is 14.2. The van der Waals surface area contributed by atoms with E-state index in [9.17, 15) is 0 Å². The molecule has 1 N–H and O–H groups in total. The van der Waals surface area contributed by atoms with Crippen LogP contribution in [0, 0.1) is 7.14 Å². The molecule has 2 aromatic heterocycles. The van der Waals surface area contributed by atoms with E-state index in [4.69, 9.17) is 9.97 Å². The molecule has 0 fully saturated rings. The van der Waals surface area contributed by atoms with Crippen LogP contribution < -0.4 is 61.2 Å². The van der Waals surface area contributed by atoms with Gasteiger partial charge in [-0.25, -0.2) is 9.97 Å². The van der Waals surface area contributed by atoms with Crippen LogP contribution in [0.5, 0.6) is 0 Å². The van der Waals surface area contributed by atoms with Gasteiger partial charge >= 0.3 is 84.5 Å². The van der Waals surface area contributed by atoms with Crippen LogP contribution in [0.25, 0.3) is 121 Å². The number of aromatic nitrogens is 4. The summed E-state index contributed by atoms with van der Waals surface area (Å²) in [5.74, 6) is 1.87. The third kappa shape index (κ3) is 15.7. The van der Waals surface area contributed by atoms with E-state index in [0.29, 0.717) is 0 Å². The fourth-order valence-corrected chi connectivity index (χ4v) is 16.3. The standard InChI is InChI=1S/C55H38N4.C31H18I2N2.C13H12.Cu.HI.K.H2O/c1-6-21-40(22-7-1)57(41-23-8-2-9-24-41)45-33-35-48-49-36-34-46(58(42-25-10-3-11-26-42)43-27-12-4-13-28-43)38-52(49)54-53(51(48)37-45)56-55(59(54)44-29-14-5-15-30-44)50-32-18-20-39-19-16-17-31-47(39)50;32-20-13-15-24-25-16-14-21(33)18-28(25)30-29(27(24)17-20)34-31(35(30)22-9-2-1-3-10-22)26-12-6-8-19-7-4-5-11-23(19)26;1-3-7-12(8-4-1)11-13-9-5-2-6-10-13;;;;/h1-38H;1-18H;1-10H,11H2;;1H;;1H2/q;;;+1;;+1;/p-2. The van der Waals surface area contributed by atoms with Crippen LogP contribution in [-0.4, -0.2) is 24.6 Å². The molecule has 7 nitrogen and oxygen atoms in total. The zero-order valence-electron chi connectivity index (χ0n) is 60.4. The maximum absolute atomic E-state index is 5.76. The van der Waals surface area contributed by atoms with Crippen molar-refractivity contribution in [1.82, 2.24) is 19.1 Å². The van der Waals surface area contributed by atoms with Gasteiger partial charge in [-0.1, -0.05) is 279 Å². The molecule has 0 saturated carbocycles. The average Bonchev–Trinajstić information content (AvgIpc) is 1.58. The summed E-state index contributed by atoms with van der Waals surface area (Å²) >= 11 is 10.7. The molecular formula is C99H69CuI3KN6O. The number of hydrogen-bond acceptors (Lipinski definition) is 5. The van der Waals surface area contributed by atoms with Gasteiger partial charge in [0.05, 0.1) is 22.1 Å². The van der Waals surface area contributed by atoms with Crippen molar-refractivity contribution in [2.45, 2.75) is 6.42 Å². The molecule has 0 radical (unpaired) electrons. The molecule has 0 saturated heterocycles. The van der Waals surface area contributed by atoms with E-state index in [0.717, 1.165) is 124 Å². The van der Waals surface area contributed by atoms with Crippen LogP contribution in [0.3, 0.4) is 0 Å². The topological polar surface area (TPSA) is 72.1 Å². The van der Waals surface area contributed by atoms with E-state index >= 15 is 0 Å². The number of hydrogen-bond donors (Lipinski definition) is 0. The molecule has 0 aliphatic heterocycles. The van der Waals surface area contributed by atoms with Crippen molar-refractivity contribution < 1.29 is 69.6 Å². The molecule has 0 spiro atoms. The Kier molecular flexibility index (Phi) is 24.5. The minimum absolute atomic E-state index is 0. The Bertz CT molecular complexity index is 6500. The van der Waals surface area contributed by atoms with E-state index in [1.807, 2.05) is 0 Å². The minimum Gasteiger partial charge on any atom is -0.870 e. The summed E-state index contributed by atoms with van der Waals surface area (Å²) in [4.78, 5) is 15.8. The zero-order valence-corrected chi connectivity index (χ0v) is 70.9. The predicted octanol–water partition coefficient (Wildman–Crippen LogP) is 25.4. The number of fused-ring (bicyclic) bond motifs is 14. The largest absolute Gasteiger partial charge is 1.00 e. The monoisotopic (exact) mass is 1840 g/mol. The number of rotatable bonds is 12. The molecule has 534 valence electrons. The predicted molar refractivity (Wildman–Crippen MR) is 484 cm³/mol. The van der Waals surface area contributed by atoms with Gasteiger partial charge in [0.1, 0.15) is 11.6 Å². The molecule has 0 aliphatic rings. The quantitative estimate of drug-likeness (QED) is 0.0692. The second kappa shape index (κ2) is 35.4. The van der Waals surface area contributed by atoms with Gasteiger partial charge < -0.3 is 15.3 Å². The molecule has 20 rings (SSSR count). The first-order valence-corrected chi connectivity index (χ1v) is 41.4. The Balaban J connectivity index is 0.000000158. The van der Waals surface area contributed by atoms with E-state index in [1.54, 1.807) is 20.3 Å². The van der Waals surface area contributed by atoms with Crippen molar-refractivity contribution in [3.63, 3.8) is 0 Å². The van der Waals surface area contributed by atoms with Gasteiger partial charge in [0.25, 0.3) is 0 Å². The van der Waals surface area contributed by atoms with Crippen LogP contribution in [-0.2, 0) is 19.2 Å². The van der Waals surface area contributed by atoms with E-state index in [1.165, 1.54) is 56.0 Å². The summed E-state index contributed by atoms with van der Waals surface area (Å²) in [6.07, 6.45) is 1.03. The van der Waals surface area contributed by atoms with E-state index in [2.05, 4.69) is 477 Å². The first kappa shape index (κ1) is 76.7. The number of para-hydroxylation sites is 6. The molecule has 20 aromatic rings. The Hall–Kier alpha value is -9.63. The van der Waals surface area contributed by atoms with Gasteiger partial charge in [-0.2, -0.15) is 0 Å². The smallest absolute Gasteiger partial charge is 0.870 e. The summed E-state index contributed by atoms with van der Waals surface area (Å²) < 4.78 is 7.17. The fraction of sp³-hybridized carbons (Fsp3) is 0.0101. The fourth-order valence-electron chi connectivity index (χ4n) is 15.3. The van der Waals surface area contributed by atoms with Gasteiger partial charge in [0, 0.05) is 85.3 Å². The number of nitrogens with zero attached hydrogens (tertiary/aromatic N) is 6. The van der Waals surface area contributed by atoms with Crippen molar-refractivity contribution in [3.8, 4) is 34.2 Å². The Morgan fingerprint density at radius 1 is 0.261 bits per heavy atom. The SMILES string of the molecule is Ic1ccc2c3ccc(I)cc3c3c(nc(-c4cccc5ccccc45)n3-c3ccccc3)c2c1.[Cu][I].[K+].[OH-].c1ccc(Cc2ccccc2)cc1.c1ccc(N(c2ccccc2)c2ccc3c4ccc(N(c5ccccc5)c5ccccc5)cc4c4c(nc(-c5cccc6ccccc56)n4-c4ccccc4)c3c2)cc1. The van der Waals surface area contributed by atoms with E-state index < -0.39 is 0 Å². The van der Waals surface area contributed by atoms with Crippen molar-refractivity contribution in [2.75, 3.05) is 9.80 Å². The summed E-state index contributed by atoms with van der Waals surface area (Å²) in [7, 11) is 0. The van der Waals surface area contributed by atoms with Gasteiger partial charge in [-0.3, -0.25) is 9.13 Å². The van der Waals surface area contributed by atoms with Gasteiger partial charge in [0.2, 0.25) is 0 Å². The normalized spacial score (nSPS) is 11.0. The molecule has 0 aliphatic carbocycles. The van der Waals surface area contributed by atoms with Crippen LogP contribution >= 0.6 is 65.5 Å². The number of imidazole rings is 2. The average molecular weight is 1840 g/mol. The molecular weight excluding hydrogens is 1770 g/mol. The second-order valence-electron chi connectivity index (χ2n) is 26.7. The molecule has 0 bridgehead atoms. The van der Waals surface area contributed by atoms with E-state index in [-0.39, 0.29) is 56.9 Å². The molecule has 111 heavy (non-hydrogen) atoms. The third-order valence-electron chi connectivity index (χ3n) is 20.1. The molecule has 0 amide bonds. The van der Waals surface area contributed by atoms with Gasteiger partial charge in [-0.15, -0.1) is 0 Å². The number of anilines is 6. The van der Waals surface area contributed by atoms with Crippen molar-refractivity contribution >= 4 is 186 Å². The molecule has 0 atom stereocenters. The summed E-state index contributed by atoms with van der Waals surface area (Å²) in [6, 6.07) is 142. The first-order valence-electron chi connectivity index (χ1n) is 36.2.